The maximum Gasteiger partial charge on any atom is 0.302 e. The lowest BCUT2D eigenvalue weighted by molar-refractivity contribution is -0.153. The molecule has 2 fully saturated rings. The normalized spacial score (nSPS) is 27.3. The van der Waals surface area contributed by atoms with E-state index in [0.29, 0.717) is 23.7 Å². The number of nitrogens with one attached hydrogen (secondary N) is 1. The summed E-state index contributed by atoms with van der Waals surface area (Å²) in [6, 6.07) is 0. The third-order valence-corrected chi connectivity index (χ3v) is 5.61. The van der Waals surface area contributed by atoms with Crippen LogP contribution in [0.1, 0.15) is 68.2 Å². The van der Waals surface area contributed by atoms with Crippen LogP contribution >= 0.6 is 0 Å². The first kappa shape index (κ1) is 27.9. The van der Waals surface area contributed by atoms with E-state index < -0.39 is 0 Å². The van der Waals surface area contributed by atoms with E-state index in [-0.39, 0.29) is 24.1 Å². The van der Waals surface area contributed by atoms with E-state index in [1.165, 1.54) is 13.8 Å². The van der Waals surface area contributed by atoms with Gasteiger partial charge >= 0.3 is 11.9 Å². The fraction of sp³-hybridized carbons (Fsp3) is 0.913. The van der Waals surface area contributed by atoms with Crippen LogP contribution in [0.3, 0.4) is 0 Å². The number of carbonyl (C=O) groups is 2. The first-order valence-corrected chi connectivity index (χ1v) is 11.4. The zero-order chi connectivity index (χ0) is 22.6. The molecule has 2 aliphatic rings. The van der Waals surface area contributed by atoms with Crippen molar-refractivity contribution in [3.05, 3.63) is 0 Å². The van der Waals surface area contributed by atoms with E-state index in [0.717, 1.165) is 39.0 Å². The summed E-state index contributed by atoms with van der Waals surface area (Å²) in [6.45, 7) is 19.7. The first-order valence-electron chi connectivity index (χ1n) is 11.4. The molecule has 0 saturated carbocycles. The van der Waals surface area contributed by atoms with Gasteiger partial charge < -0.3 is 19.7 Å². The fourth-order valence-corrected chi connectivity index (χ4v) is 4.01. The molecule has 6 nitrogen and oxygen atoms in total. The predicted molar refractivity (Wildman–Crippen MR) is 119 cm³/mol. The maximum atomic E-state index is 10.9. The molecule has 6 heteroatoms. The lowest BCUT2D eigenvalue weighted by Gasteiger charge is -2.38. The Bertz CT molecular complexity index is 468. The SMILES string of the molecule is CC.CC(=O)OC1CCN(C)CC1C(C)C.CC(=O)OC1CCNCC1C(C)C. The van der Waals surface area contributed by atoms with Crippen LogP contribution in [0.4, 0.5) is 0 Å². The Morgan fingerprint density at radius 2 is 1.38 bits per heavy atom. The number of ether oxygens (including phenoxy) is 2. The van der Waals surface area contributed by atoms with E-state index in [1.54, 1.807) is 0 Å². The molecule has 0 bridgehead atoms. The van der Waals surface area contributed by atoms with Crippen LogP contribution in [0.15, 0.2) is 0 Å². The molecule has 2 aliphatic heterocycles. The van der Waals surface area contributed by atoms with Crippen LogP contribution in [-0.4, -0.2) is 62.3 Å². The van der Waals surface area contributed by atoms with Crippen molar-refractivity contribution < 1.29 is 19.1 Å². The molecule has 4 atom stereocenters. The summed E-state index contributed by atoms with van der Waals surface area (Å²) in [5, 5.41) is 3.33. The van der Waals surface area contributed by atoms with Gasteiger partial charge in [-0.05, 0) is 38.3 Å². The highest BCUT2D eigenvalue weighted by atomic mass is 16.5. The minimum atomic E-state index is -0.155. The molecule has 29 heavy (non-hydrogen) atoms. The van der Waals surface area contributed by atoms with Crippen LogP contribution < -0.4 is 5.32 Å². The van der Waals surface area contributed by atoms with Crippen molar-refractivity contribution in [2.45, 2.75) is 80.4 Å². The second kappa shape index (κ2) is 14.8. The quantitative estimate of drug-likeness (QED) is 0.707. The van der Waals surface area contributed by atoms with Gasteiger partial charge in [-0.2, -0.15) is 0 Å². The number of rotatable bonds is 4. The molecular weight excluding hydrogens is 368 g/mol. The summed E-state index contributed by atoms with van der Waals surface area (Å²) < 4.78 is 10.6. The van der Waals surface area contributed by atoms with Crippen LogP contribution in [0.2, 0.25) is 0 Å². The molecule has 0 radical (unpaired) electrons. The van der Waals surface area contributed by atoms with Gasteiger partial charge in [0, 0.05) is 45.3 Å². The molecule has 0 aromatic rings. The van der Waals surface area contributed by atoms with Crippen molar-refractivity contribution in [3.8, 4) is 0 Å². The molecule has 0 amide bonds. The Labute approximate surface area is 179 Å². The third-order valence-electron chi connectivity index (χ3n) is 5.61. The Kier molecular flexibility index (Phi) is 14.2. The second-order valence-corrected chi connectivity index (χ2v) is 8.66. The van der Waals surface area contributed by atoms with Gasteiger partial charge in [0.05, 0.1) is 0 Å². The third kappa shape index (κ3) is 11.0. The predicted octanol–water partition coefficient (Wildman–Crippen LogP) is 3.74. The van der Waals surface area contributed by atoms with E-state index in [1.807, 2.05) is 13.8 Å². The molecular formula is C23H46N2O4. The fourth-order valence-electron chi connectivity index (χ4n) is 4.01. The van der Waals surface area contributed by atoms with Crippen molar-refractivity contribution in [2.24, 2.45) is 23.7 Å². The van der Waals surface area contributed by atoms with Crippen molar-refractivity contribution in [2.75, 3.05) is 33.2 Å². The number of hydrogen-bond donors (Lipinski definition) is 1. The molecule has 2 heterocycles. The summed E-state index contributed by atoms with van der Waals surface area (Å²) in [4.78, 5) is 24.1. The first-order chi connectivity index (χ1) is 13.6. The number of hydrogen-bond acceptors (Lipinski definition) is 6. The summed E-state index contributed by atoms with van der Waals surface area (Å²) >= 11 is 0. The molecule has 0 spiro atoms. The maximum absolute atomic E-state index is 10.9. The molecule has 0 aromatic heterocycles. The van der Waals surface area contributed by atoms with Gasteiger partial charge in [0.2, 0.25) is 0 Å². The van der Waals surface area contributed by atoms with Crippen molar-refractivity contribution in [3.63, 3.8) is 0 Å². The lowest BCUT2D eigenvalue weighted by Crippen LogP contribution is -2.45. The van der Waals surface area contributed by atoms with Crippen LogP contribution in [0, 0.1) is 23.7 Å². The van der Waals surface area contributed by atoms with Crippen LogP contribution in [-0.2, 0) is 19.1 Å². The highest BCUT2D eigenvalue weighted by Gasteiger charge is 2.32. The van der Waals surface area contributed by atoms with Crippen molar-refractivity contribution >= 4 is 11.9 Å². The molecule has 2 saturated heterocycles. The Hall–Kier alpha value is -1.14. The number of piperidine rings is 2. The standard InChI is InChI=1S/C11H21NO2.C10H19NO2.C2H6/c1-8(2)10-7-12(4)6-5-11(10)14-9(3)13;1-7(2)9-6-11-5-4-10(9)13-8(3)12;1-2/h8,10-11H,5-7H2,1-4H3;7,9-11H,4-6H2,1-3H3;1-2H3. The van der Waals surface area contributed by atoms with E-state index >= 15 is 0 Å². The summed E-state index contributed by atoms with van der Waals surface area (Å²) in [6.07, 6.45) is 2.17. The zero-order valence-corrected chi connectivity index (χ0v) is 20.3. The van der Waals surface area contributed by atoms with Gasteiger partial charge in [0.15, 0.2) is 0 Å². The number of esters is 2. The second-order valence-electron chi connectivity index (χ2n) is 8.66. The zero-order valence-electron chi connectivity index (χ0n) is 20.3. The van der Waals surface area contributed by atoms with Crippen LogP contribution in [0.5, 0.6) is 0 Å². The lowest BCUT2D eigenvalue weighted by atomic mass is 9.85. The molecule has 0 aliphatic carbocycles. The number of likely N-dealkylation sites (tertiary alicyclic amines) is 1. The smallest absolute Gasteiger partial charge is 0.302 e. The Balaban J connectivity index is 0.000000499. The largest absolute Gasteiger partial charge is 0.462 e. The minimum absolute atomic E-state index is 0.124. The van der Waals surface area contributed by atoms with E-state index in [4.69, 9.17) is 9.47 Å². The summed E-state index contributed by atoms with van der Waals surface area (Å²) in [7, 11) is 2.12. The van der Waals surface area contributed by atoms with E-state index in [9.17, 15) is 9.59 Å². The van der Waals surface area contributed by atoms with Gasteiger partial charge in [-0.1, -0.05) is 41.5 Å². The topological polar surface area (TPSA) is 67.9 Å². The molecule has 0 aromatic carbocycles. The number of carbonyl (C=O) groups excluding carboxylic acids is 2. The summed E-state index contributed by atoms with van der Waals surface area (Å²) in [5.41, 5.74) is 0. The highest BCUT2D eigenvalue weighted by molar-refractivity contribution is 5.66. The Morgan fingerprint density at radius 3 is 1.83 bits per heavy atom. The summed E-state index contributed by atoms with van der Waals surface area (Å²) in [5.74, 6) is 1.79. The Morgan fingerprint density at radius 1 is 0.897 bits per heavy atom. The molecule has 2 rings (SSSR count). The number of nitrogens with zero attached hydrogens (tertiary/aromatic N) is 1. The van der Waals surface area contributed by atoms with Crippen LogP contribution in [0.25, 0.3) is 0 Å². The molecule has 4 unspecified atom stereocenters. The van der Waals surface area contributed by atoms with Gasteiger partial charge in [-0.25, -0.2) is 0 Å². The van der Waals surface area contributed by atoms with Crippen molar-refractivity contribution in [1.82, 2.24) is 10.2 Å². The van der Waals surface area contributed by atoms with Gasteiger partial charge in [0.25, 0.3) is 0 Å². The van der Waals surface area contributed by atoms with Gasteiger partial charge in [-0.15, -0.1) is 0 Å². The monoisotopic (exact) mass is 414 g/mol. The highest BCUT2D eigenvalue weighted by Crippen LogP contribution is 2.26. The van der Waals surface area contributed by atoms with Crippen molar-refractivity contribution in [1.29, 1.82) is 0 Å². The van der Waals surface area contributed by atoms with Gasteiger partial charge in [-0.3, -0.25) is 9.59 Å². The average molecular weight is 415 g/mol. The molecule has 1 N–H and O–H groups in total. The molecule has 172 valence electrons. The minimum Gasteiger partial charge on any atom is -0.462 e. The average Bonchev–Trinajstić information content (AvgIpc) is 2.64. The van der Waals surface area contributed by atoms with Gasteiger partial charge in [0.1, 0.15) is 12.2 Å². The van der Waals surface area contributed by atoms with E-state index in [2.05, 4.69) is 45.0 Å².